The first kappa shape index (κ1) is 11.0. The molecule has 0 amide bonds. The highest BCUT2D eigenvalue weighted by molar-refractivity contribution is 5.51. The van der Waals surface area contributed by atoms with Crippen LogP contribution in [-0.4, -0.2) is 0 Å². The summed E-state index contributed by atoms with van der Waals surface area (Å²) in [6.07, 6.45) is 3.01. The molecular weight excluding hydrogens is 168 g/mol. The molecule has 0 nitrogen and oxygen atoms in total. The first-order valence-corrected chi connectivity index (χ1v) is 5.24. The zero-order chi connectivity index (χ0) is 10.8. The minimum Gasteiger partial charge on any atom is -0.0985 e. The van der Waals surface area contributed by atoms with Gasteiger partial charge in [-0.25, -0.2) is 0 Å². The molecule has 14 heavy (non-hydrogen) atoms. The van der Waals surface area contributed by atoms with Gasteiger partial charge in [0.25, 0.3) is 0 Å². The summed E-state index contributed by atoms with van der Waals surface area (Å²) in [4.78, 5) is 0. The fourth-order valence-corrected chi connectivity index (χ4v) is 1.47. The highest BCUT2D eigenvalue weighted by atomic mass is 14.2. The van der Waals surface area contributed by atoms with Gasteiger partial charge in [0, 0.05) is 0 Å². The number of rotatable bonds is 2. The van der Waals surface area contributed by atoms with Crippen molar-refractivity contribution in [1.29, 1.82) is 0 Å². The third-order valence-corrected chi connectivity index (χ3v) is 2.53. The Kier molecular flexibility index (Phi) is 3.15. The summed E-state index contributed by atoms with van der Waals surface area (Å²) in [5.74, 6) is 0. The van der Waals surface area contributed by atoms with Crippen molar-refractivity contribution in [2.24, 2.45) is 0 Å². The topological polar surface area (TPSA) is 0 Å². The van der Waals surface area contributed by atoms with E-state index in [2.05, 4.69) is 52.5 Å². The van der Waals surface area contributed by atoms with Crippen molar-refractivity contribution in [3.05, 3.63) is 41.5 Å². The van der Waals surface area contributed by atoms with E-state index in [1.165, 1.54) is 16.7 Å². The van der Waals surface area contributed by atoms with Gasteiger partial charge in [0.15, 0.2) is 0 Å². The molecule has 0 aliphatic carbocycles. The Bertz CT molecular complexity index is 326. The van der Waals surface area contributed by atoms with Crippen LogP contribution < -0.4 is 0 Å². The van der Waals surface area contributed by atoms with Crippen molar-refractivity contribution in [3.63, 3.8) is 0 Å². The van der Waals surface area contributed by atoms with E-state index >= 15 is 0 Å². The largest absolute Gasteiger partial charge is 0.0985 e. The molecule has 0 saturated heterocycles. The molecule has 1 rings (SSSR count). The quantitative estimate of drug-likeness (QED) is 0.653. The fraction of sp³-hybridized carbons (Fsp3) is 0.429. The molecule has 0 fully saturated rings. The summed E-state index contributed by atoms with van der Waals surface area (Å²) < 4.78 is 0. The maximum Gasteiger partial charge on any atom is -0.0132 e. The molecule has 0 N–H and O–H groups in total. The van der Waals surface area contributed by atoms with Gasteiger partial charge in [0.1, 0.15) is 0 Å². The van der Waals surface area contributed by atoms with Crippen molar-refractivity contribution >= 4 is 6.08 Å². The third kappa shape index (κ3) is 2.47. The van der Waals surface area contributed by atoms with Gasteiger partial charge in [-0.1, -0.05) is 58.5 Å². The SMILES string of the molecule is C=Cc1cc(CC)cc(C(C)(C)C)c1. The first-order valence-electron chi connectivity index (χ1n) is 5.24. The standard InChI is InChI=1S/C14H20/c1-6-11-8-12(7-2)10-13(9-11)14(3,4)5/h6,8-10H,1,7H2,2-5H3. The molecule has 0 radical (unpaired) electrons. The van der Waals surface area contributed by atoms with E-state index in [4.69, 9.17) is 0 Å². The van der Waals surface area contributed by atoms with Crippen LogP contribution in [0.5, 0.6) is 0 Å². The van der Waals surface area contributed by atoms with E-state index in [-0.39, 0.29) is 5.41 Å². The lowest BCUT2D eigenvalue weighted by Crippen LogP contribution is -2.11. The number of hydrogen-bond acceptors (Lipinski definition) is 0. The molecule has 0 unspecified atom stereocenters. The van der Waals surface area contributed by atoms with Crippen molar-refractivity contribution in [2.75, 3.05) is 0 Å². The monoisotopic (exact) mass is 188 g/mol. The van der Waals surface area contributed by atoms with Crippen LogP contribution in [0.1, 0.15) is 44.4 Å². The van der Waals surface area contributed by atoms with Crippen molar-refractivity contribution in [2.45, 2.75) is 39.5 Å². The number of aryl methyl sites for hydroxylation is 1. The smallest absolute Gasteiger partial charge is 0.0132 e. The first-order chi connectivity index (χ1) is 6.47. The fourth-order valence-electron chi connectivity index (χ4n) is 1.47. The normalized spacial score (nSPS) is 11.4. The molecule has 0 heterocycles. The molecule has 1 aromatic carbocycles. The van der Waals surface area contributed by atoms with E-state index in [9.17, 15) is 0 Å². The molecule has 0 aromatic heterocycles. The van der Waals surface area contributed by atoms with Gasteiger partial charge < -0.3 is 0 Å². The lowest BCUT2D eigenvalue weighted by Gasteiger charge is -2.20. The summed E-state index contributed by atoms with van der Waals surface area (Å²) in [7, 11) is 0. The second-order valence-corrected chi connectivity index (χ2v) is 4.77. The van der Waals surface area contributed by atoms with Crippen LogP contribution in [0.2, 0.25) is 0 Å². The van der Waals surface area contributed by atoms with Gasteiger partial charge in [0.05, 0.1) is 0 Å². The van der Waals surface area contributed by atoms with E-state index < -0.39 is 0 Å². The third-order valence-electron chi connectivity index (χ3n) is 2.53. The highest BCUT2D eigenvalue weighted by Gasteiger charge is 2.14. The molecule has 1 aromatic rings. The van der Waals surface area contributed by atoms with Crippen LogP contribution in [0.15, 0.2) is 24.8 Å². The highest BCUT2D eigenvalue weighted by Crippen LogP contribution is 2.25. The summed E-state index contributed by atoms with van der Waals surface area (Å²) in [6, 6.07) is 6.74. The summed E-state index contributed by atoms with van der Waals surface area (Å²) in [5, 5.41) is 0. The van der Waals surface area contributed by atoms with E-state index in [0.717, 1.165) is 6.42 Å². The average molecular weight is 188 g/mol. The zero-order valence-corrected chi connectivity index (χ0v) is 9.72. The Morgan fingerprint density at radius 3 is 2.29 bits per heavy atom. The molecule has 0 heteroatoms. The van der Waals surface area contributed by atoms with Crippen molar-refractivity contribution in [3.8, 4) is 0 Å². The molecule has 0 aliphatic rings. The summed E-state index contributed by atoms with van der Waals surface area (Å²) in [5.41, 5.74) is 4.25. The van der Waals surface area contributed by atoms with Gasteiger partial charge >= 0.3 is 0 Å². The van der Waals surface area contributed by atoms with E-state index in [1.54, 1.807) is 0 Å². The van der Waals surface area contributed by atoms with Crippen LogP contribution >= 0.6 is 0 Å². The minimum atomic E-state index is 0.225. The molecule has 0 atom stereocenters. The van der Waals surface area contributed by atoms with Crippen LogP contribution in [0.25, 0.3) is 6.08 Å². The summed E-state index contributed by atoms with van der Waals surface area (Å²) in [6.45, 7) is 12.8. The number of benzene rings is 1. The Morgan fingerprint density at radius 2 is 1.86 bits per heavy atom. The molecular formula is C14H20. The molecule has 0 aliphatic heterocycles. The predicted molar refractivity (Wildman–Crippen MR) is 64.6 cm³/mol. The summed E-state index contributed by atoms with van der Waals surface area (Å²) >= 11 is 0. The van der Waals surface area contributed by atoms with Gasteiger partial charge in [-0.3, -0.25) is 0 Å². The molecule has 0 spiro atoms. The Labute approximate surface area is 87.7 Å². The van der Waals surface area contributed by atoms with Crippen LogP contribution in [-0.2, 0) is 11.8 Å². The average Bonchev–Trinajstić information content (AvgIpc) is 2.15. The second kappa shape index (κ2) is 4.00. The van der Waals surface area contributed by atoms with Crippen molar-refractivity contribution in [1.82, 2.24) is 0 Å². The maximum absolute atomic E-state index is 3.83. The van der Waals surface area contributed by atoms with Crippen LogP contribution in [0.4, 0.5) is 0 Å². The van der Waals surface area contributed by atoms with Gasteiger partial charge in [-0.2, -0.15) is 0 Å². The minimum absolute atomic E-state index is 0.225. The van der Waals surface area contributed by atoms with Crippen molar-refractivity contribution < 1.29 is 0 Å². The van der Waals surface area contributed by atoms with Gasteiger partial charge in [-0.15, -0.1) is 0 Å². The second-order valence-electron chi connectivity index (χ2n) is 4.77. The predicted octanol–water partition coefficient (Wildman–Crippen LogP) is 4.19. The van der Waals surface area contributed by atoms with E-state index in [1.807, 2.05) is 6.08 Å². The Morgan fingerprint density at radius 1 is 1.21 bits per heavy atom. The van der Waals surface area contributed by atoms with Gasteiger partial charge in [-0.05, 0) is 28.5 Å². The molecule has 0 saturated carbocycles. The number of hydrogen-bond donors (Lipinski definition) is 0. The Balaban J connectivity index is 3.24. The van der Waals surface area contributed by atoms with E-state index in [0.29, 0.717) is 0 Å². The maximum atomic E-state index is 3.83. The van der Waals surface area contributed by atoms with Gasteiger partial charge in [0.2, 0.25) is 0 Å². The molecule has 0 bridgehead atoms. The lowest BCUT2D eigenvalue weighted by molar-refractivity contribution is 0.589. The zero-order valence-electron chi connectivity index (χ0n) is 9.72. The Hall–Kier alpha value is -1.04. The van der Waals surface area contributed by atoms with Crippen LogP contribution in [0.3, 0.4) is 0 Å². The van der Waals surface area contributed by atoms with Crippen LogP contribution in [0, 0.1) is 0 Å². The molecule has 76 valence electrons. The lowest BCUT2D eigenvalue weighted by atomic mass is 9.85.